The van der Waals surface area contributed by atoms with Crippen LogP contribution in [0.4, 0.5) is 6.01 Å². The maximum Gasteiger partial charge on any atom is 0.292 e. The Kier molecular flexibility index (Phi) is 5.90. The summed E-state index contributed by atoms with van der Waals surface area (Å²) in [6, 6.07) is 4.70. The second-order valence-electron chi connectivity index (χ2n) is 7.61. The van der Waals surface area contributed by atoms with E-state index in [9.17, 15) is 19.5 Å². The number of aromatic nitrogens is 2. The first-order valence-corrected chi connectivity index (χ1v) is 12.2. The van der Waals surface area contributed by atoms with Gasteiger partial charge in [-0.2, -0.15) is 9.55 Å². The molecule has 2 atom stereocenters. The lowest BCUT2D eigenvalue weighted by Gasteiger charge is -2.50. The number of anilines is 1. The summed E-state index contributed by atoms with van der Waals surface area (Å²) in [6.45, 7) is 0.292. The van der Waals surface area contributed by atoms with Crippen molar-refractivity contribution in [2.45, 2.75) is 18.0 Å². The molecule has 2 amide bonds. The van der Waals surface area contributed by atoms with Crippen molar-refractivity contribution < 1.29 is 33.3 Å². The van der Waals surface area contributed by atoms with E-state index >= 15 is 0 Å². The van der Waals surface area contributed by atoms with E-state index in [0.29, 0.717) is 17.9 Å². The lowest BCUT2D eigenvalue weighted by molar-refractivity contribution is -0.661. The third-order valence-corrected chi connectivity index (χ3v) is 7.83. The Morgan fingerprint density at radius 1 is 1.46 bits per heavy atom. The number of nitrogen functional groups attached to an aromatic ring is 1. The molecule has 1 unspecified atom stereocenters. The molecule has 0 saturated carbocycles. The monoisotopic (exact) mass is 514 g/mol. The molecule has 5 heterocycles. The summed E-state index contributed by atoms with van der Waals surface area (Å²) in [5.41, 5.74) is 5.63. The highest BCUT2D eigenvalue weighted by Crippen LogP contribution is 2.40. The van der Waals surface area contributed by atoms with Crippen molar-refractivity contribution in [1.29, 1.82) is 0 Å². The Balaban J connectivity index is 1.38. The number of aliphatic carboxylic acids is 1. The van der Waals surface area contributed by atoms with E-state index in [1.54, 1.807) is 11.3 Å². The Bertz CT molecular complexity index is 1410. The normalized spacial score (nSPS) is 20.0. The molecule has 0 spiro atoms. The third-order valence-electron chi connectivity index (χ3n) is 5.53. The standard InChI is InChI=1S/C21H18N6O6S2/c1-32-25-13(12-8-33-21(22)23-12)16(28)24-14-17(29)27-15(20(30)31)11(9-35-19(14)27)7-26-5-2-3-10-4-6-34-18(10)26/h2-6,8,14,19H,7,9H2,1H3,(H3-,22,23,24,28,30,31)/t14?,19-/m0/s1. The maximum atomic E-state index is 13.0. The summed E-state index contributed by atoms with van der Waals surface area (Å²) >= 11 is 2.90. The van der Waals surface area contributed by atoms with Gasteiger partial charge in [0.1, 0.15) is 30.5 Å². The number of hydrogen-bond donors (Lipinski definition) is 2. The number of carboxylic acid groups (broad SMARTS) is 1. The van der Waals surface area contributed by atoms with Gasteiger partial charge < -0.3 is 30.2 Å². The molecule has 35 heavy (non-hydrogen) atoms. The number of amides is 2. The molecular weight excluding hydrogens is 496 g/mol. The molecule has 5 rings (SSSR count). The molecule has 0 aromatic carbocycles. The predicted molar refractivity (Wildman–Crippen MR) is 124 cm³/mol. The van der Waals surface area contributed by atoms with Gasteiger partial charge in [0.15, 0.2) is 18.5 Å². The van der Waals surface area contributed by atoms with Crippen LogP contribution < -0.4 is 20.7 Å². The van der Waals surface area contributed by atoms with E-state index in [-0.39, 0.29) is 23.1 Å². The smallest absolute Gasteiger partial charge is 0.292 e. The number of oxazole rings is 1. The number of carbonyl (C=O) groups is 3. The number of thioether (sulfide) groups is 1. The molecule has 1 saturated heterocycles. The van der Waals surface area contributed by atoms with Gasteiger partial charge >= 0.3 is 0 Å². The predicted octanol–water partition coefficient (Wildman–Crippen LogP) is -0.786. The first-order valence-electron chi connectivity index (χ1n) is 10.3. The quantitative estimate of drug-likeness (QED) is 0.178. The number of β-lactam (4-membered cyclic amide) rings is 1. The molecule has 0 bridgehead atoms. The molecule has 3 aromatic heterocycles. The van der Waals surface area contributed by atoms with Gasteiger partial charge in [-0.15, -0.1) is 11.8 Å². The maximum absolute atomic E-state index is 13.0. The van der Waals surface area contributed by atoms with E-state index in [1.807, 2.05) is 34.3 Å². The van der Waals surface area contributed by atoms with Crippen LogP contribution in [-0.2, 0) is 25.8 Å². The highest BCUT2D eigenvalue weighted by molar-refractivity contribution is 8.00. The van der Waals surface area contributed by atoms with Crippen LogP contribution in [0.5, 0.6) is 0 Å². The number of nitrogens with one attached hydrogen (secondary N) is 1. The number of carboxylic acids is 1. The van der Waals surface area contributed by atoms with Crippen molar-refractivity contribution >= 4 is 62.8 Å². The van der Waals surface area contributed by atoms with Gasteiger partial charge in [0.05, 0.1) is 17.1 Å². The number of hydrogen-bond acceptors (Lipinski definition) is 11. The number of thiophene rings is 1. The van der Waals surface area contributed by atoms with Crippen molar-refractivity contribution in [2.75, 3.05) is 18.6 Å². The minimum atomic E-state index is -1.44. The lowest BCUT2D eigenvalue weighted by Crippen LogP contribution is -2.71. The van der Waals surface area contributed by atoms with Gasteiger partial charge in [-0.3, -0.25) is 14.5 Å². The van der Waals surface area contributed by atoms with E-state index in [4.69, 9.17) is 15.0 Å². The number of carbonyl (C=O) groups excluding carboxylic acids is 3. The van der Waals surface area contributed by atoms with Crippen molar-refractivity contribution in [3.63, 3.8) is 0 Å². The van der Waals surface area contributed by atoms with Crippen molar-refractivity contribution in [3.8, 4) is 0 Å². The largest absolute Gasteiger partial charge is 0.543 e. The van der Waals surface area contributed by atoms with Crippen LogP contribution in [0.3, 0.4) is 0 Å². The van der Waals surface area contributed by atoms with E-state index in [1.165, 1.54) is 23.8 Å². The third kappa shape index (κ3) is 4.00. The Labute approximate surface area is 206 Å². The fourth-order valence-corrected chi connectivity index (χ4v) is 6.23. The van der Waals surface area contributed by atoms with Gasteiger partial charge in [-0.05, 0) is 17.5 Å². The van der Waals surface area contributed by atoms with Crippen LogP contribution in [-0.4, -0.2) is 57.7 Å². The van der Waals surface area contributed by atoms with E-state index in [2.05, 4.69) is 15.5 Å². The summed E-state index contributed by atoms with van der Waals surface area (Å²) in [6.07, 6.45) is 3.00. The van der Waals surface area contributed by atoms with Crippen LogP contribution in [0, 0.1) is 0 Å². The highest BCUT2D eigenvalue weighted by Gasteiger charge is 2.53. The molecule has 0 radical (unpaired) electrons. The van der Waals surface area contributed by atoms with Crippen molar-refractivity contribution in [2.24, 2.45) is 5.16 Å². The molecule has 2 aliphatic heterocycles. The zero-order valence-electron chi connectivity index (χ0n) is 18.2. The lowest BCUT2D eigenvalue weighted by atomic mass is 10.0. The number of nitrogens with two attached hydrogens (primary N) is 1. The van der Waals surface area contributed by atoms with Gasteiger partial charge in [0.2, 0.25) is 0 Å². The summed E-state index contributed by atoms with van der Waals surface area (Å²) in [5, 5.41) is 20.7. The molecule has 12 nitrogen and oxygen atoms in total. The molecular formula is C21H18N6O6S2. The number of fused-ring (bicyclic) bond motifs is 2. The molecule has 0 aliphatic carbocycles. The number of rotatable bonds is 7. The fourth-order valence-electron chi connectivity index (χ4n) is 4.01. The summed E-state index contributed by atoms with van der Waals surface area (Å²) in [4.78, 5) is 48.6. The molecule has 3 aromatic rings. The zero-order chi connectivity index (χ0) is 24.7. The van der Waals surface area contributed by atoms with Gasteiger partial charge in [0.25, 0.3) is 22.7 Å². The second kappa shape index (κ2) is 9.03. The zero-order valence-corrected chi connectivity index (χ0v) is 19.8. The van der Waals surface area contributed by atoms with Crippen LogP contribution in [0.15, 0.2) is 56.9 Å². The van der Waals surface area contributed by atoms with Crippen molar-refractivity contribution in [3.05, 3.63) is 53.0 Å². The Morgan fingerprint density at radius 3 is 3.00 bits per heavy atom. The van der Waals surface area contributed by atoms with E-state index < -0.39 is 29.2 Å². The van der Waals surface area contributed by atoms with Gasteiger partial charge in [0, 0.05) is 17.4 Å². The molecule has 2 aliphatic rings. The van der Waals surface area contributed by atoms with Crippen LogP contribution >= 0.6 is 23.1 Å². The summed E-state index contributed by atoms with van der Waals surface area (Å²) in [7, 11) is 1.25. The molecule has 3 N–H and O–H groups in total. The average Bonchev–Trinajstić information content (AvgIpc) is 3.49. The Morgan fingerprint density at radius 2 is 2.29 bits per heavy atom. The first kappa shape index (κ1) is 22.9. The second-order valence-corrected chi connectivity index (χ2v) is 9.61. The van der Waals surface area contributed by atoms with Crippen LogP contribution in [0.25, 0.3) is 10.2 Å². The molecule has 14 heteroatoms. The minimum Gasteiger partial charge on any atom is -0.543 e. The summed E-state index contributed by atoms with van der Waals surface area (Å²) in [5.74, 6) is -2.41. The molecule has 1 fully saturated rings. The average molecular weight is 515 g/mol. The highest BCUT2D eigenvalue weighted by atomic mass is 32.2. The molecule has 180 valence electrons. The number of nitrogens with zero attached hydrogens (tertiary/aromatic N) is 4. The first-order chi connectivity index (χ1) is 16.9. The van der Waals surface area contributed by atoms with Gasteiger partial charge in [-0.1, -0.05) is 16.5 Å². The van der Waals surface area contributed by atoms with Crippen molar-refractivity contribution in [1.82, 2.24) is 15.2 Å². The Hall–Kier alpha value is -3.91. The van der Waals surface area contributed by atoms with E-state index in [0.717, 1.165) is 16.5 Å². The van der Waals surface area contributed by atoms with Crippen LogP contribution in [0.1, 0.15) is 5.69 Å². The summed E-state index contributed by atoms with van der Waals surface area (Å²) < 4.78 is 6.85. The van der Waals surface area contributed by atoms with Gasteiger partial charge in [-0.25, -0.2) is 0 Å². The topological polar surface area (TPSA) is 167 Å². The SMILES string of the molecule is CON=C(C(=O)NC1C(=O)N2C(C(=O)[O-])=C(C[n+]3cccc4ccsc43)CS[C@@H]12)c1coc(N)n1. The van der Waals surface area contributed by atoms with Crippen LogP contribution in [0.2, 0.25) is 0 Å². The fraction of sp³-hybridized carbons (Fsp3) is 0.238. The minimum absolute atomic E-state index is 0.0270. The number of oxime groups is 1. The number of pyridine rings is 1.